The second-order valence-corrected chi connectivity index (χ2v) is 4.17. The van der Waals surface area contributed by atoms with E-state index >= 15 is 0 Å². The van der Waals surface area contributed by atoms with E-state index in [0.717, 1.165) is 11.4 Å². The first-order chi connectivity index (χ1) is 8.65. The van der Waals surface area contributed by atoms with Gasteiger partial charge in [-0.1, -0.05) is 6.08 Å². The summed E-state index contributed by atoms with van der Waals surface area (Å²) in [7, 11) is 3.17. The van der Waals surface area contributed by atoms with Crippen LogP contribution in [-0.2, 0) is 9.47 Å². The van der Waals surface area contributed by atoms with Crippen LogP contribution in [-0.4, -0.2) is 38.6 Å². The fraction of sp³-hybridized carbons (Fsp3) is 0.462. The number of aryl methyl sites for hydroxylation is 1. The summed E-state index contributed by atoms with van der Waals surface area (Å²) in [5.74, 6) is -0.291. The van der Waals surface area contributed by atoms with Crippen LogP contribution >= 0.6 is 0 Å². The van der Waals surface area contributed by atoms with E-state index < -0.39 is 0 Å². The Morgan fingerprint density at radius 1 is 1.44 bits per heavy atom. The van der Waals surface area contributed by atoms with Crippen molar-refractivity contribution < 1.29 is 13.9 Å². The van der Waals surface area contributed by atoms with Gasteiger partial charge in [0.25, 0.3) is 0 Å². The lowest BCUT2D eigenvalue weighted by Gasteiger charge is -2.30. The molecule has 98 valence electrons. The van der Waals surface area contributed by atoms with E-state index in [1.165, 1.54) is 6.07 Å². The minimum atomic E-state index is -0.339. The molecule has 1 aliphatic rings. The number of nitrogens with zero attached hydrogens (tertiary/aromatic N) is 2. The highest BCUT2D eigenvalue weighted by Gasteiger charge is 2.19. The molecule has 0 radical (unpaired) electrons. The third kappa shape index (κ3) is 2.52. The van der Waals surface area contributed by atoms with Gasteiger partial charge in [-0.05, 0) is 13.0 Å². The van der Waals surface area contributed by atoms with Crippen molar-refractivity contribution in [2.24, 2.45) is 0 Å². The normalized spacial score (nSPS) is 14.2. The fourth-order valence-corrected chi connectivity index (χ4v) is 1.95. The van der Waals surface area contributed by atoms with Gasteiger partial charge in [0.2, 0.25) is 0 Å². The largest absolute Gasteiger partial charge is 0.361 e. The molecule has 0 aliphatic carbocycles. The molecule has 4 nitrogen and oxygen atoms in total. The molecule has 0 amide bonds. The lowest BCUT2D eigenvalue weighted by atomic mass is 10.1. The molecule has 0 unspecified atom stereocenters. The maximum Gasteiger partial charge on any atom is 0.174 e. The number of ether oxygens (including phenoxy) is 2. The number of fused-ring (bicyclic) bond motifs is 1. The van der Waals surface area contributed by atoms with Crippen LogP contribution in [0.1, 0.15) is 11.4 Å². The zero-order chi connectivity index (χ0) is 13.1. The summed E-state index contributed by atoms with van der Waals surface area (Å²) in [6.07, 6.45) is 3.57. The first-order valence-electron chi connectivity index (χ1n) is 5.80. The van der Waals surface area contributed by atoms with Gasteiger partial charge in [-0.25, -0.2) is 9.37 Å². The van der Waals surface area contributed by atoms with Crippen molar-refractivity contribution in [3.8, 4) is 0 Å². The van der Waals surface area contributed by atoms with Crippen molar-refractivity contribution >= 4 is 11.8 Å². The van der Waals surface area contributed by atoms with Gasteiger partial charge in [0.1, 0.15) is 5.82 Å². The molecular weight excluding hydrogens is 235 g/mol. The highest BCUT2D eigenvalue weighted by atomic mass is 19.1. The van der Waals surface area contributed by atoms with Crippen molar-refractivity contribution in [3.05, 3.63) is 29.3 Å². The van der Waals surface area contributed by atoms with Gasteiger partial charge in [-0.3, -0.25) is 0 Å². The van der Waals surface area contributed by atoms with E-state index in [1.807, 2.05) is 17.1 Å². The Bertz CT molecular complexity index is 459. The second kappa shape index (κ2) is 5.46. The van der Waals surface area contributed by atoms with E-state index in [2.05, 4.69) is 4.98 Å². The first-order valence-corrected chi connectivity index (χ1v) is 5.80. The predicted molar refractivity (Wildman–Crippen MR) is 68.0 cm³/mol. The Morgan fingerprint density at radius 3 is 2.83 bits per heavy atom. The number of methoxy groups -OCH3 is 2. The van der Waals surface area contributed by atoms with Crippen LogP contribution in [0.4, 0.5) is 10.1 Å². The average Bonchev–Trinajstić information content (AvgIpc) is 2.37. The smallest absolute Gasteiger partial charge is 0.174 e. The van der Waals surface area contributed by atoms with Gasteiger partial charge < -0.3 is 14.4 Å². The van der Waals surface area contributed by atoms with Gasteiger partial charge in [0.15, 0.2) is 6.29 Å². The Hall–Kier alpha value is -1.46. The van der Waals surface area contributed by atoms with E-state index in [1.54, 1.807) is 21.1 Å². The number of anilines is 1. The number of rotatable bonds is 4. The molecule has 2 rings (SSSR count). The summed E-state index contributed by atoms with van der Waals surface area (Å²) >= 11 is 0. The van der Waals surface area contributed by atoms with Crippen LogP contribution in [0, 0.1) is 12.7 Å². The highest BCUT2D eigenvalue weighted by Crippen LogP contribution is 2.26. The van der Waals surface area contributed by atoms with Gasteiger partial charge >= 0.3 is 0 Å². The quantitative estimate of drug-likeness (QED) is 0.767. The molecule has 0 spiro atoms. The third-order valence-corrected chi connectivity index (χ3v) is 3.00. The SMILES string of the molecule is COC(CN1CC=Cc2nc(C)c(F)cc21)OC. The summed E-state index contributed by atoms with van der Waals surface area (Å²) in [5, 5.41) is 0. The van der Waals surface area contributed by atoms with Crippen LogP contribution in [0.2, 0.25) is 0 Å². The summed E-state index contributed by atoms with van der Waals surface area (Å²) in [6.45, 7) is 2.89. The molecule has 2 heterocycles. The van der Waals surface area contributed by atoms with Crippen molar-refractivity contribution in [1.82, 2.24) is 4.98 Å². The molecule has 0 aromatic carbocycles. The first kappa shape index (κ1) is 13.0. The lowest BCUT2D eigenvalue weighted by Crippen LogP contribution is -2.36. The molecule has 1 aromatic rings. The summed E-state index contributed by atoms with van der Waals surface area (Å²) in [4.78, 5) is 6.23. The summed E-state index contributed by atoms with van der Waals surface area (Å²) in [6, 6.07) is 1.52. The van der Waals surface area contributed by atoms with E-state index in [-0.39, 0.29) is 12.1 Å². The molecule has 0 atom stereocenters. The van der Waals surface area contributed by atoms with Crippen molar-refractivity contribution in [2.45, 2.75) is 13.2 Å². The molecule has 0 saturated carbocycles. The molecular formula is C13H17FN2O2. The molecule has 5 heteroatoms. The van der Waals surface area contributed by atoms with Crippen LogP contribution in [0.3, 0.4) is 0 Å². The zero-order valence-corrected chi connectivity index (χ0v) is 10.8. The molecule has 0 N–H and O–H groups in total. The standard InChI is InChI=1S/C13H17FN2O2/c1-9-10(14)7-12-11(15-9)5-4-6-16(12)8-13(17-2)18-3/h4-5,7,13H,6,8H2,1-3H3. The second-order valence-electron chi connectivity index (χ2n) is 4.17. The number of hydrogen-bond acceptors (Lipinski definition) is 4. The average molecular weight is 252 g/mol. The van der Waals surface area contributed by atoms with Gasteiger partial charge in [0.05, 0.1) is 23.6 Å². The number of pyridine rings is 1. The minimum absolute atomic E-state index is 0.291. The topological polar surface area (TPSA) is 34.6 Å². The Morgan fingerprint density at radius 2 is 2.17 bits per heavy atom. The van der Waals surface area contributed by atoms with Crippen molar-refractivity contribution in [2.75, 3.05) is 32.2 Å². The Kier molecular flexibility index (Phi) is 3.93. The Balaban J connectivity index is 2.27. The number of aromatic nitrogens is 1. The summed E-state index contributed by atoms with van der Waals surface area (Å²) < 4.78 is 23.9. The number of halogens is 1. The molecule has 18 heavy (non-hydrogen) atoms. The lowest BCUT2D eigenvalue weighted by molar-refractivity contribution is -0.0947. The molecule has 0 saturated heterocycles. The van der Waals surface area contributed by atoms with Crippen LogP contribution in [0.15, 0.2) is 12.1 Å². The van der Waals surface area contributed by atoms with E-state index in [9.17, 15) is 4.39 Å². The van der Waals surface area contributed by atoms with E-state index in [4.69, 9.17) is 9.47 Å². The maximum atomic E-state index is 13.6. The molecule has 0 bridgehead atoms. The van der Waals surface area contributed by atoms with Crippen molar-refractivity contribution in [1.29, 1.82) is 0 Å². The monoisotopic (exact) mass is 252 g/mol. The van der Waals surface area contributed by atoms with Crippen LogP contribution in [0.5, 0.6) is 0 Å². The zero-order valence-electron chi connectivity index (χ0n) is 10.8. The van der Waals surface area contributed by atoms with Gasteiger partial charge in [0, 0.05) is 26.8 Å². The molecule has 1 aromatic heterocycles. The van der Waals surface area contributed by atoms with Crippen molar-refractivity contribution in [3.63, 3.8) is 0 Å². The van der Waals surface area contributed by atoms with Gasteiger partial charge in [-0.2, -0.15) is 0 Å². The Labute approximate surface area is 106 Å². The maximum absolute atomic E-state index is 13.6. The molecule has 0 fully saturated rings. The molecule has 1 aliphatic heterocycles. The van der Waals surface area contributed by atoms with Crippen LogP contribution in [0.25, 0.3) is 6.08 Å². The predicted octanol–water partition coefficient (Wildman–Crippen LogP) is 1.98. The fourth-order valence-electron chi connectivity index (χ4n) is 1.95. The minimum Gasteiger partial charge on any atom is -0.361 e. The van der Waals surface area contributed by atoms with Crippen LogP contribution < -0.4 is 4.90 Å². The summed E-state index contributed by atoms with van der Waals surface area (Å²) in [5.41, 5.74) is 1.97. The van der Waals surface area contributed by atoms with Gasteiger partial charge in [-0.15, -0.1) is 0 Å². The third-order valence-electron chi connectivity index (χ3n) is 3.00. The number of hydrogen-bond donors (Lipinski definition) is 0. The van der Waals surface area contributed by atoms with E-state index in [0.29, 0.717) is 18.8 Å². The highest BCUT2D eigenvalue weighted by molar-refractivity contribution is 5.68.